The number of primary sulfonamides is 1. The number of hydrogen-bond donors (Lipinski definition) is 2. The molecule has 1 atom stereocenters. The first kappa shape index (κ1) is 14.5. The molecule has 2 heterocycles. The monoisotopic (exact) mass is 312 g/mol. The molecule has 116 valence electrons. The van der Waals surface area contributed by atoms with E-state index in [0.717, 1.165) is 36.9 Å². The van der Waals surface area contributed by atoms with Crippen LogP contribution < -0.4 is 5.14 Å². The summed E-state index contributed by atoms with van der Waals surface area (Å²) in [6, 6.07) is 0. The second-order valence-electron chi connectivity index (χ2n) is 5.97. The van der Waals surface area contributed by atoms with Crippen molar-refractivity contribution in [3.8, 4) is 0 Å². The average molecular weight is 312 g/mol. The highest BCUT2D eigenvalue weighted by atomic mass is 32.2. The summed E-state index contributed by atoms with van der Waals surface area (Å²) in [4.78, 5) is 14.2. The van der Waals surface area contributed by atoms with Gasteiger partial charge in [-0.3, -0.25) is 9.89 Å². The van der Waals surface area contributed by atoms with Crippen molar-refractivity contribution in [3.05, 3.63) is 17.0 Å². The quantitative estimate of drug-likeness (QED) is 0.821. The standard InChI is InChI=1S/C13H20N4O3S/c14-21(19,20)8-9-5-6-17(7-9)13(18)12-10-3-1-2-4-11(10)15-16-12/h9H,1-8H2,(H,15,16)(H2,14,19,20)/t9-/m0/s1. The van der Waals surface area contributed by atoms with E-state index in [1.54, 1.807) is 4.90 Å². The van der Waals surface area contributed by atoms with Crippen LogP contribution in [0.25, 0.3) is 0 Å². The molecule has 1 saturated heterocycles. The van der Waals surface area contributed by atoms with Crippen LogP contribution in [0.15, 0.2) is 0 Å². The maximum absolute atomic E-state index is 12.6. The largest absolute Gasteiger partial charge is 0.337 e. The molecule has 8 heteroatoms. The first-order valence-electron chi connectivity index (χ1n) is 7.30. The highest BCUT2D eigenvalue weighted by molar-refractivity contribution is 7.89. The maximum atomic E-state index is 12.6. The van der Waals surface area contributed by atoms with Gasteiger partial charge < -0.3 is 4.90 Å². The number of rotatable bonds is 3. The molecular weight excluding hydrogens is 292 g/mol. The molecule has 0 spiro atoms. The summed E-state index contributed by atoms with van der Waals surface area (Å²) in [6.07, 6.45) is 4.73. The molecule has 3 N–H and O–H groups in total. The normalized spacial score (nSPS) is 22.3. The number of H-pyrrole nitrogens is 1. The lowest BCUT2D eigenvalue weighted by Gasteiger charge is -2.17. The third kappa shape index (κ3) is 3.11. The Morgan fingerprint density at radius 3 is 2.90 bits per heavy atom. The van der Waals surface area contributed by atoms with Gasteiger partial charge in [0.25, 0.3) is 5.91 Å². The van der Waals surface area contributed by atoms with Crippen LogP contribution in [0.4, 0.5) is 0 Å². The number of aromatic amines is 1. The summed E-state index contributed by atoms with van der Waals surface area (Å²) < 4.78 is 22.3. The second-order valence-corrected chi connectivity index (χ2v) is 7.63. The zero-order chi connectivity index (χ0) is 15.0. The average Bonchev–Trinajstić information content (AvgIpc) is 3.02. The van der Waals surface area contributed by atoms with Crippen molar-refractivity contribution < 1.29 is 13.2 Å². The van der Waals surface area contributed by atoms with E-state index >= 15 is 0 Å². The summed E-state index contributed by atoms with van der Waals surface area (Å²) in [5.41, 5.74) is 2.63. The van der Waals surface area contributed by atoms with Gasteiger partial charge in [-0.1, -0.05) is 0 Å². The Kier molecular flexibility index (Phi) is 3.75. The van der Waals surface area contributed by atoms with Crippen molar-refractivity contribution in [2.24, 2.45) is 11.1 Å². The number of nitrogens with one attached hydrogen (secondary N) is 1. The summed E-state index contributed by atoms with van der Waals surface area (Å²) in [7, 11) is -3.48. The Balaban J connectivity index is 1.71. The van der Waals surface area contributed by atoms with E-state index in [1.165, 1.54) is 0 Å². The van der Waals surface area contributed by atoms with E-state index in [1.807, 2.05) is 0 Å². The fourth-order valence-electron chi connectivity index (χ4n) is 3.29. The van der Waals surface area contributed by atoms with Crippen LogP contribution >= 0.6 is 0 Å². The molecule has 3 rings (SSSR count). The first-order chi connectivity index (χ1) is 9.94. The molecule has 1 aliphatic heterocycles. The van der Waals surface area contributed by atoms with Crippen LogP contribution in [-0.4, -0.2) is 48.3 Å². The van der Waals surface area contributed by atoms with Crippen molar-refractivity contribution in [1.29, 1.82) is 0 Å². The van der Waals surface area contributed by atoms with Crippen LogP contribution in [0.2, 0.25) is 0 Å². The molecule has 1 amide bonds. The number of carbonyl (C=O) groups is 1. The minimum Gasteiger partial charge on any atom is -0.337 e. The molecule has 2 aliphatic rings. The molecule has 1 aromatic rings. The summed E-state index contributed by atoms with van der Waals surface area (Å²) in [5, 5.41) is 12.2. The van der Waals surface area contributed by atoms with Gasteiger partial charge >= 0.3 is 0 Å². The number of carbonyl (C=O) groups excluding carboxylic acids is 1. The van der Waals surface area contributed by atoms with Crippen molar-refractivity contribution in [2.45, 2.75) is 32.1 Å². The van der Waals surface area contributed by atoms with E-state index in [4.69, 9.17) is 5.14 Å². The predicted octanol–water partition coefficient (Wildman–Crippen LogP) is 0.0391. The van der Waals surface area contributed by atoms with Gasteiger partial charge in [0.15, 0.2) is 5.69 Å². The molecular formula is C13H20N4O3S. The number of amides is 1. The molecule has 7 nitrogen and oxygen atoms in total. The van der Waals surface area contributed by atoms with E-state index in [-0.39, 0.29) is 17.6 Å². The Bertz CT molecular complexity index is 652. The number of aryl methyl sites for hydroxylation is 1. The third-order valence-electron chi connectivity index (χ3n) is 4.30. The lowest BCUT2D eigenvalue weighted by Crippen LogP contribution is -2.31. The number of nitrogens with two attached hydrogens (primary N) is 1. The Morgan fingerprint density at radius 2 is 2.14 bits per heavy atom. The fraction of sp³-hybridized carbons (Fsp3) is 0.692. The minimum atomic E-state index is -3.48. The minimum absolute atomic E-state index is 0.0601. The van der Waals surface area contributed by atoms with E-state index in [0.29, 0.717) is 25.2 Å². The number of likely N-dealkylation sites (tertiary alicyclic amines) is 1. The van der Waals surface area contributed by atoms with Gasteiger partial charge in [0.1, 0.15) is 0 Å². The number of hydrogen-bond acceptors (Lipinski definition) is 4. The van der Waals surface area contributed by atoms with Crippen LogP contribution in [0.3, 0.4) is 0 Å². The van der Waals surface area contributed by atoms with E-state index in [9.17, 15) is 13.2 Å². The van der Waals surface area contributed by atoms with Crippen LogP contribution in [-0.2, 0) is 22.9 Å². The van der Waals surface area contributed by atoms with Gasteiger partial charge in [-0.15, -0.1) is 0 Å². The van der Waals surface area contributed by atoms with Gasteiger partial charge in [-0.2, -0.15) is 5.10 Å². The smallest absolute Gasteiger partial charge is 0.274 e. The van der Waals surface area contributed by atoms with E-state index < -0.39 is 10.0 Å². The van der Waals surface area contributed by atoms with Gasteiger partial charge in [0, 0.05) is 24.3 Å². The highest BCUT2D eigenvalue weighted by Gasteiger charge is 2.32. The number of sulfonamides is 1. The van der Waals surface area contributed by atoms with Gasteiger partial charge in [0.2, 0.25) is 10.0 Å². The molecule has 21 heavy (non-hydrogen) atoms. The highest BCUT2D eigenvalue weighted by Crippen LogP contribution is 2.25. The Morgan fingerprint density at radius 1 is 1.38 bits per heavy atom. The topological polar surface area (TPSA) is 109 Å². The van der Waals surface area contributed by atoms with Crippen molar-refractivity contribution >= 4 is 15.9 Å². The Hall–Kier alpha value is -1.41. The summed E-state index contributed by atoms with van der Waals surface area (Å²) >= 11 is 0. The van der Waals surface area contributed by atoms with Crippen LogP contribution in [0.1, 0.15) is 41.0 Å². The zero-order valence-corrected chi connectivity index (χ0v) is 12.7. The van der Waals surface area contributed by atoms with Crippen molar-refractivity contribution in [1.82, 2.24) is 15.1 Å². The molecule has 0 radical (unpaired) electrons. The number of nitrogens with zero attached hydrogens (tertiary/aromatic N) is 2. The maximum Gasteiger partial charge on any atom is 0.274 e. The lowest BCUT2D eigenvalue weighted by atomic mass is 9.95. The Labute approximate surface area is 123 Å². The third-order valence-corrected chi connectivity index (χ3v) is 5.24. The molecule has 0 bridgehead atoms. The fourth-order valence-corrected chi connectivity index (χ4v) is 4.22. The van der Waals surface area contributed by atoms with Gasteiger partial charge in [-0.05, 0) is 38.0 Å². The summed E-state index contributed by atoms with van der Waals surface area (Å²) in [6.45, 7) is 1.01. The van der Waals surface area contributed by atoms with Crippen molar-refractivity contribution in [3.63, 3.8) is 0 Å². The van der Waals surface area contributed by atoms with Crippen molar-refractivity contribution in [2.75, 3.05) is 18.8 Å². The van der Waals surface area contributed by atoms with Crippen LogP contribution in [0.5, 0.6) is 0 Å². The van der Waals surface area contributed by atoms with Crippen LogP contribution in [0, 0.1) is 5.92 Å². The molecule has 1 aromatic heterocycles. The molecule has 1 fully saturated rings. The van der Waals surface area contributed by atoms with E-state index in [2.05, 4.69) is 10.2 Å². The second kappa shape index (κ2) is 5.42. The van der Waals surface area contributed by atoms with Gasteiger partial charge in [-0.25, -0.2) is 13.6 Å². The lowest BCUT2D eigenvalue weighted by molar-refractivity contribution is 0.0781. The predicted molar refractivity (Wildman–Crippen MR) is 77.2 cm³/mol. The molecule has 0 aromatic carbocycles. The zero-order valence-electron chi connectivity index (χ0n) is 11.8. The summed E-state index contributed by atoms with van der Waals surface area (Å²) in [5.74, 6) is -0.222. The molecule has 0 saturated carbocycles. The van der Waals surface area contributed by atoms with Gasteiger partial charge in [0.05, 0.1) is 5.75 Å². The molecule has 0 unspecified atom stereocenters. The number of aromatic nitrogens is 2. The first-order valence-corrected chi connectivity index (χ1v) is 9.01. The number of fused-ring (bicyclic) bond motifs is 1. The molecule has 1 aliphatic carbocycles. The SMILES string of the molecule is NS(=O)(=O)C[C@H]1CCN(C(=O)c2n[nH]c3c2CCCC3)C1.